The molecule has 2 aliphatic rings. The first-order chi connectivity index (χ1) is 19.3. The first-order valence-corrected chi connectivity index (χ1v) is 13.6. The van der Waals surface area contributed by atoms with Gasteiger partial charge in [0.2, 0.25) is 11.8 Å². The first kappa shape index (κ1) is 28.9. The highest BCUT2D eigenvalue weighted by Crippen LogP contribution is 2.41. The van der Waals surface area contributed by atoms with Crippen LogP contribution in [0.2, 0.25) is 0 Å². The number of hydrogen-bond donors (Lipinski definition) is 2. The molecule has 1 saturated carbocycles. The van der Waals surface area contributed by atoms with Crippen LogP contribution in [0.1, 0.15) is 79.9 Å². The van der Waals surface area contributed by atoms with E-state index in [0.717, 1.165) is 0 Å². The fraction of sp³-hybridized carbons (Fsp3) is 0.615. The first-order valence-electron chi connectivity index (χ1n) is 13.6. The lowest BCUT2D eigenvalue weighted by Crippen LogP contribution is -2.47. The number of alkyl halides is 5. The molecule has 1 saturated heterocycles. The van der Waals surface area contributed by atoms with E-state index >= 15 is 0 Å². The smallest absolute Gasteiger partial charge is 0.355 e. The molecule has 3 aromatic rings. The summed E-state index contributed by atoms with van der Waals surface area (Å²) in [6.07, 6.45) is -0.727. The molecule has 222 valence electrons. The number of nitrogens with one attached hydrogen (secondary N) is 2. The second kappa shape index (κ2) is 11.0. The van der Waals surface area contributed by atoms with Gasteiger partial charge in [-0.1, -0.05) is 0 Å². The number of imidazole rings is 1. The van der Waals surface area contributed by atoms with E-state index in [1.54, 1.807) is 10.7 Å². The molecule has 0 bridgehead atoms. The van der Waals surface area contributed by atoms with Crippen LogP contribution in [0.15, 0.2) is 24.7 Å². The van der Waals surface area contributed by atoms with Crippen LogP contribution < -0.4 is 10.6 Å². The molecule has 3 aromatic heterocycles. The minimum atomic E-state index is -4.42. The summed E-state index contributed by atoms with van der Waals surface area (Å²) in [6, 6.07) is 0.764. The van der Waals surface area contributed by atoms with Crippen molar-refractivity contribution in [1.82, 2.24) is 40.0 Å². The average Bonchev–Trinajstić information content (AvgIpc) is 3.55. The molecule has 2 fully saturated rings. The van der Waals surface area contributed by atoms with Crippen LogP contribution in [0, 0.1) is 17.8 Å². The van der Waals surface area contributed by atoms with Crippen molar-refractivity contribution in [2.45, 2.75) is 76.6 Å². The van der Waals surface area contributed by atoms with Gasteiger partial charge in [0.25, 0.3) is 11.7 Å². The Morgan fingerprint density at radius 3 is 2.66 bits per heavy atom. The topological polar surface area (TPSA) is 119 Å². The van der Waals surface area contributed by atoms with Gasteiger partial charge < -0.3 is 10.6 Å². The normalized spacial score (nSPS) is 22.6. The zero-order valence-electron chi connectivity index (χ0n) is 22.5. The number of piperidine rings is 1. The lowest BCUT2D eigenvalue weighted by Gasteiger charge is -2.33. The van der Waals surface area contributed by atoms with Crippen molar-refractivity contribution in [3.8, 4) is 0 Å². The molecule has 0 aromatic carbocycles. The van der Waals surface area contributed by atoms with Crippen molar-refractivity contribution in [3.05, 3.63) is 41.7 Å². The van der Waals surface area contributed by atoms with Crippen LogP contribution in [0.5, 0.6) is 0 Å². The van der Waals surface area contributed by atoms with Gasteiger partial charge in [-0.2, -0.15) is 23.4 Å². The monoisotopic (exact) mass is 582 g/mol. The van der Waals surface area contributed by atoms with Gasteiger partial charge in [-0.3, -0.25) is 14.3 Å². The number of aromatic nitrogens is 6. The quantitative estimate of drug-likeness (QED) is 0.406. The number of hydrogen-bond acceptors (Lipinski definition) is 6. The molecular weight excluding hydrogens is 551 g/mol. The molecule has 1 aliphatic heterocycles. The SMILES string of the molecule is CC(C)n1nccc1C(=O)N[C@H](c1cn2nc(C[C@H]3C[C@@H](C(F)(F)F)CNC3=O)cnc2n1)C1CCC(F)(F)CC1. The molecule has 41 heavy (non-hydrogen) atoms. The Morgan fingerprint density at radius 1 is 1.24 bits per heavy atom. The lowest BCUT2D eigenvalue weighted by molar-refractivity contribution is -0.183. The fourth-order valence-corrected chi connectivity index (χ4v) is 5.61. The van der Waals surface area contributed by atoms with Gasteiger partial charge in [0, 0.05) is 44.0 Å². The summed E-state index contributed by atoms with van der Waals surface area (Å²) in [6.45, 7) is 3.30. The zero-order valence-corrected chi connectivity index (χ0v) is 22.5. The van der Waals surface area contributed by atoms with Gasteiger partial charge in [0.05, 0.1) is 35.7 Å². The third-order valence-corrected chi connectivity index (χ3v) is 7.87. The highest BCUT2D eigenvalue weighted by Gasteiger charge is 2.45. The number of carbonyl (C=O) groups excluding carboxylic acids is 2. The molecular formula is C26H31F5N8O2. The maximum atomic E-state index is 14.0. The average molecular weight is 583 g/mol. The second-order valence-electron chi connectivity index (χ2n) is 11.2. The van der Waals surface area contributed by atoms with E-state index in [-0.39, 0.29) is 56.3 Å². The Kier molecular flexibility index (Phi) is 7.72. The molecule has 3 atom stereocenters. The molecule has 0 spiro atoms. The van der Waals surface area contributed by atoms with Gasteiger partial charge >= 0.3 is 6.18 Å². The number of fused-ring (bicyclic) bond motifs is 1. The molecule has 0 radical (unpaired) electrons. The van der Waals surface area contributed by atoms with E-state index in [1.807, 2.05) is 13.8 Å². The van der Waals surface area contributed by atoms with Gasteiger partial charge in [0.1, 0.15) is 5.69 Å². The van der Waals surface area contributed by atoms with Crippen molar-refractivity contribution in [2.24, 2.45) is 17.8 Å². The minimum absolute atomic E-state index is 0.0497. The van der Waals surface area contributed by atoms with Crippen molar-refractivity contribution in [3.63, 3.8) is 0 Å². The number of nitrogens with zero attached hydrogens (tertiary/aromatic N) is 6. The Hall–Kier alpha value is -3.65. The second-order valence-corrected chi connectivity index (χ2v) is 11.2. The molecule has 5 rings (SSSR count). The standard InChI is InChI=1S/C26H31F5N8O2/c1-14(2)39-20(5-8-34-39)23(41)36-21(15-3-6-25(27,28)7-4-15)19-13-38-24(35-19)33-12-18(37-38)10-16-9-17(26(29,30)31)11-32-22(16)40/h5,8,12-17,21H,3-4,6-7,9-11H2,1-2H3,(H,32,40)(H,36,41)/t16-,17-,21+/m1/s1. The van der Waals surface area contributed by atoms with Crippen molar-refractivity contribution >= 4 is 17.6 Å². The molecule has 10 nitrogen and oxygen atoms in total. The van der Waals surface area contributed by atoms with Crippen LogP contribution in [0.3, 0.4) is 0 Å². The predicted octanol–water partition coefficient (Wildman–Crippen LogP) is 4.06. The van der Waals surface area contributed by atoms with Crippen LogP contribution in [0.4, 0.5) is 22.0 Å². The van der Waals surface area contributed by atoms with E-state index in [2.05, 4.69) is 30.8 Å². The maximum absolute atomic E-state index is 14.0. The highest BCUT2D eigenvalue weighted by molar-refractivity contribution is 5.92. The van der Waals surface area contributed by atoms with Crippen molar-refractivity contribution in [1.29, 1.82) is 0 Å². The number of amides is 2. The van der Waals surface area contributed by atoms with E-state index in [1.165, 1.54) is 23.1 Å². The van der Waals surface area contributed by atoms with Crippen LogP contribution in [-0.4, -0.2) is 59.8 Å². The van der Waals surface area contributed by atoms with Crippen molar-refractivity contribution in [2.75, 3.05) is 6.54 Å². The van der Waals surface area contributed by atoms with Crippen molar-refractivity contribution < 1.29 is 31.5 Å². The highest BCUT2D eigenvalue weighted by atomic mass is 19.4. The summed E-state index contributed by atoms with van der Waals surface area (Å²) in [5.74, 6) is -6.40. The Balaban J connectivity index is 1.40. The number of carbonyl (C=O) groups is 2. The van der Waals surface area contributed by atoms with Gasteiger partial charge in [-0.25, -0.2) is 23.3 Å². The summed E-state index contributed by atoms with van der Waals surface area (Å²) in [5, 5.41) is 13.9. The van der Waals surface area contributed by atoms with Gasteiger partial charge in [-0.15, -0.1) is 0 Å². The Labute approximate surface area is 232 Å². The Morgan fingerprint density at radius 2 is 1.98 bits per heavy atom. The van der Waals surface area contributed by atoms with Crippen LogP contribution in [0.25, 0.3) is 5.78 Å². The molecule has 1 aliphatic carbocycles. The summed E-state index contributed by atoms with van der Waals surface area (Å²) in [4.78, 5) is 34.3. The molecule has 4 heterocycles. The fourth-order valence-electron chi connectivity index (χ4n) is 5.61. The predicted molar refractivity (Wildman–Crippen MR) is 135 cm³/mol. The van der Waals surface area contributed by atoms with Crippen LogP contribution >= 0.6 is 0 Å². The summed E-state index contributed by atoms with van der Waals surface area (Å²) in [7, 11) is 0. The van der Waals surface area contributed by atoms with Gasteiger partial charge in [-0.05, 0) is 45.1 Å². The summed E-state index contributed by atoms with van der Waals surface area (Å²) in [5.41, 5.74) is 0.980. The molecule has 15 heteroatoms. The lowest BCUT2D eigenvalue weighted by atomic mass is 9.81. The zero-order chi connectivity index (χ0) is 29.5. The van der Waals surface area contributed by atoms with Crippen LogP contribution in [-0.2, 0) is 11.2 Å². The molecule has 2 amide bonds. The van der Waals surface area contributed by atoms with E-state index in [0.29, 0.717) is 17.1 Å². The van der Waals surface area contributed by atoms with Gasteiger partial charge in [0.15, 0.2) is 0 Å². The number of rotatable bonds is 7. The maximum Gasteiger partial charge on any atom is 0.393 e. The van der Waals surface area contributed by atoms with E-state index in [9.17, 15) is 31.5 Å². The van der Waals surface area contributed by atoms with E-state index < -0.39 is 48.3 Å². The minimum Gasteiger partial charge on any atom is -0.355 e. The Bertz CT molecular complexity index is 1410. The largest absolute Gasteiger partial charge is 0.393 e. The molecule has 2 N–H and O–H groups in total. The third kappa shape index (κ3) is 6.32. The van der Waals surface area contributed by atoms with E-state index in [4.69, 9.17) is 0 Å². The summed E-state index contributed by atoms with van der Waals surface area (Å²) < 4.78 is 70.5. The third-order valence-electron chi connectivity index (χ3n) is 7.87. The summed E-state index contributed by atoms with van der Waals surface area (Å²) >= 11 is 0. The number of halogens is 5. The molecule has 0 unspecified atom stereocenters.